The molecule has 99 valence electrons. The van der Waals surface area contributed by atoms with Crippen LogP contribution >= 0.6 is 0 Å². The van der Waals surface area contributed by atoms with Gasteiger partial charge in [-0.1, -0.05) is 36.4 Å². The number of benzene rings is 2. The fourth-order valence-electron chi connectivity index (χ4n) is 1.53. The average Bonchev–Trinajstić information content (AvgIpc) is 2.36. The van der Waals surface area contributed by atoms with Crippen molar-refractivity contribution in [3.8, 4) is 5.75 Å². The Balaban J connectivity index is 2.03. The van der Waals surface area contributed by atoms with E-state index in [1.165, 1.54) is 0 Å². The summed E-state index contributed by atoms with van der Waals surface area (Å²) in [6, 6.07) is 17.6. The van der Waals surface area contributed by atoms with Crippen LogP contribution in [0.4, 0.5) is 5.69 Å². The van der Waals surface area contributed by atoms with Crippen molar-refractivity contribution in [2.45, 2.75) is 6.61 Å². The van der Waals surface area contributed by atoms with Crippen LogP contribution < -0.4 is 9.46 Å². The Morgan fingerprint density at radius 2 is 1.84 bits per heavy atom. The number of rotatable bonds is 5. The first-order chi connectivity index (χ1) is 9.03. The summed E-state index contributed by atoms with van der Waals surface area (Å²) in [5.41, 5.74) is 1.41. The maximum absolute atomic E-state index is 11.1. The highest BCUT2D eigenvalue weighted by molar-refractivity contribution is 7.92. The molecule has 2 aromatic carbocycles. The third kappa shape index (κ3) is 4.63. The first kappa shape index (κ1) is 13.4. The highest BCUT2D eigenvalue weighted by atomic mass is 32.2. The molecule has 0 unspecified atom stereocenters. The highest BCUT2D eigenvalue weighted by Gasteiger charge is 2.03. The van der Waals surface area contributed by atoms with Crippen molar-refractivity contribution >= 4 is 15.7 Å². The van der Waals surface area contributed by atoms with Gasteiger partial charge in [0, 0.05) is 0 Å². The van der Waals surface area contributed by atoms with Gasteiger partial charge >= 0.3 is 0 Å². The minimum Gasteiger partial charge on any atom is -0.488 e. The van der Waals surface area contributed by atoms with Gasteiger partial charge in [-0.3, -0.25) is 4.72 Å². The zero-order valence-electron chi connectivity index (χ0n) is 10.5. The SMILES string of the molecule is CS(=O)(=O)Nc1[c]c(OCc2ccccc2)ccc1. The second-order valence-corrected chi connectivity index (χ2v) is 5.83. The molecule has 2 aromatic rings. The van der Waals surface area contributed by atoms with Gasteiger partial charge in [-0.2, -0.15) is 0 Å². The Bertz CT molecular complexity index is 639. The number of nitrogens with one attached hydrogen (secondary N) is 1. The Kier molecular flexibility index (Phi) is 4.06. The minimum atomic E-state index is -3.30. The largest absolute Gasteiger partial charge is 0.488 e. The zero-order chi connectivity index (χ0) is 13.7. The van der Waals surface area contributed by atoms with Crippen molar-refractivity contribution in [1.82, 2.24) is 0 Å². The monoisotopic (exact) mass is 276 g/mol. The molecule has 1 N–H and O–H groups in total. The molecule has 5 heteroatoms. The molecule has 0 saturated carbocycles. The lowest BCUT2D eigenvalue weighted by Gasteiger charge is -2.08. The van der Waals surface area contributed by atoms with E-state index < -0.39 is 10.0 Å². The summed E-state index contributed by atoms with van der Waals surface area (Å²) in [5.74, 6) is 0.498. The fourth-order valence-corrected chi connectivity index (χ4v) is 2.05. The average molecular weight is 276 g/mol. The van der Waals surface area contributed by atoms with Crippen LogP contribution in [0.15, 0.2) is 48.5 Å². The molecule has 0 saturated heterocycles. The molecule has 0 aromatic heterocycles. The van der Waals surface area contributed by atoms with Crippen molar-refractivity contribution in [1.29, 1.82) is 0 Å². The molecule has 0 atom stereocenters. The van der Waals surface area contributed by atoms with Crippen LogP contribution in [0, 0.1) is 6.07 Å². The number of anilines is 1. The van der Waals surface area contributed by atoms with Gasteiger partial charge < -0.3 is 4.74 Å². The topological polar surface area (TPSA) is 55.4 Å². The quantitative estimate of drug-likeness (QED) is 0.912. The molecule has 0 fully saturated rings. The molecule has 4 nitrogen and oxygen atoms in total. The van der Waals surface area contributed by atoms with E-state index in [0.717, 1.165) is 11.8 Å². The van der Waals surface area contributed by atoms with Crippen molar-refractivity contribution in [2.24, 2.45) is 0 Å². The van der Waals surface area contributed by atoms with Gasteiger partial charge in [0.05, 0.1) is 18.0 Å². The van der Waals surface area contributed by atoms with Crippen molar-refractivity contribution in [3.63, 3.8) is 0 Å². The molecule has 0 aliphatic heterocycles. The summed E-state index contributed by atoms with van der Waals surface area (Å²) in [6.07, 6.45) is 1.10. The predicted octanol–water partition coefficient (Wildman–Crippen LogP) is 2.44. The third-order valence-electron chi connectivity index (χ3n) is 2.30. The number of hydrogen-bond donors (Lipinski definition) is 1. The molecule has 0 aliphatic carbocycles. The number of hydrogen-bond acceptors (Lipinski definition) is 3. The predicted molar refractivity (Wildman–Crippen MR) is 74.5 cm³/mol. The Hall–Kier alpha value is -2.01. The van der Waals surface area contributed by atoms with Crippen LogP contribution in [-0.4, -0.2) is 14.7 Å². The van der Waals surface area contributed by atoms with Gasteiger partial charge in [0.15, 0.2) is 0 Å². The standard InChI is InChI=1S/C14H14NO3S/c1-19(16,17)15-13-8-5-9-14(10-13)18-11-12-6-3-2-4-7-12/h2-9,15H,11H2,1H3. The summed E-state index contributed by atoms with van der Waals surface area (Å²) in [6.45, 7) is 0.416. The third-order valence-corrected chi connectivity index (χ3v) is 2.89. The van der Waals surface area contributed by atoms with Crippen LogP contribution in [0.5, 0.6) is 5.75 Å². The molecule has 0 aliphatic rings. The Morgan fingerprint density at radius 1 is 1.11 bits per heavy atom. The maximum Gasteiger partial charge on any atom is 0.229 e. The van der Waals surface area contributed by atoms with Crippen molar-refractivity contribution in [2.75, 3.05) is 11.0 Å². The lowest BCUT2D eigenvalue weighted by molar-refractivity contribution is 0.306. The van der Waals surface area contributed by atoms with Gasteiger partial charge in [0.2, 0.25) is 10.0 Å². The van der Waals surface area contributed by atoms with Crippen LogP contribution in [0.1, 0.15) is 5.56 Å². The second-order valence-electron chi connectivity index (χ2n) is 4.08. The summed E-state index contributed by atoms with van der Waals surface area (Å²) in [7, 11) is -3.30. The molecular formula is C14H14NO3S. The number of sulfonamides is 1. The van der Waals surface area contributed by atoms with E-state index in [1.54, 1.807) is 18.2 Å². The van der Waals surface area contributed by atoms with Crippen LogP contribution in [-0.2, 0) is 16.6 Å². The van der Waals surface area contributed by atoms with E-state index in [0.29, 0.717) is 18.0 Å². The van der Waals surface area contributed by atoms with Gasteiger partial charge in [0.25, 0.3) is 0 Å². The normalized spacial score (nSPS) is 11.0. The Labute approximate surface area is 113 Å². The van der Waals surface area contributed by atoms with Crippen molar-refractivity contribution < 1.29 is 13.2 Å². The van der Waals surface area contributed by atoms with Crippen molar-refractivity contribution in [3.05, 3.63) is 60.2 Å². The molecule has 0 heterocycles. The fraction of sp³-hybridized carbons (Fsp3) is 0.143. The van der Waals surface area contributed by atoms with Gasteiger partial charge in [0.1, 0.15) is 12.4 Å². The van der Waals surface area contributed by atoms with E-state index in [9.17, 15) is 8.42 Å². The molecule has 0 bridgehead atoms. The van der Waals surface area contributed by atoms with Crippen LogP contribution in [0.25, 0.3) is 0 Å². The molecular weight excluding hydrogens is 262 g/mol. The first-order valence-corrected chi connectivity index (χ1v) is 7.59. The first-order valence-electron chi connectivity index (χ1n) is 5.70. The molecule has 0 spiro atoms. The molecule has 2 rings (SSSR count). The summed E-state index contributed by atoms with van der Waals surface area (Å²) < 4.78 is 30.2. The van der Waals surface area contributed by atoms with Crippen LogP contribution in [0.2, 0.25) is 0 Å². The van der Waals surface area contributed by atoms with Gasteiger partial charge in [-0.25, -0.2) is 8.42 Å². The second kappa shape index (κ2) is 5.75. The zero-order valence-corrected chi connectivity index (χ0v) is 11.3. The Morgan fingerprint density at radius 3 is 2.53 bits per heavy atom. The van der Waals surface area contributed by atoms with E-state index in [4.69, 9.17) is 4.74 Å². The van der Waals surface area contributed by atoms with Gasteiger partial charge in [-0.05, 0) is 17.7 Å². The van der Waals surface area contributed by atoms with E-state index in [-0.39, 0.29) is 0 Å². The molecule has 0 amide bonds. The van der Waals surface area contributed by atoms with E-state index >= 15 is 0 Å². The van der Waals surface area contributed by atoms with Gasteiger partial charge in [-0.15, -0.1) is 0 Å². The summed E-state index contributed by atoms with van der Waals surface area (Å²) >= 11 is 0. The molecule has 1 radical (unpaired) electrons. The summed E-state index contributed by atoms with van der Waals surface area (Å²) in [5, 5.41) is 0. The lowest BCUT2D eigenvalue weighted by Crippen LogP contribution is -2.09. The summed E-state index contributed by atoms with van der Waals surface area (Å²) in [4.78, 5) is 0. The smallest absolute Gasteiger partial charge is 0.229 e. The minimum absolute atomic E-state index is 0.369. The maximum atomic E-state index is 11.1. The lowest BCUT2D eigenvalue weighted by atomic mass is 10.2. The van der Waals surface area contributed by atoms with Crippen LogP contribution in [0.3, 0.4) is 0 Å². The van der Waals surface area contributed by atoms with E-state index in [1.807, 2.05) is 30.3 Å². The highest BCUT2D eigenvalue weighted by Crippen LogP contribution is 2.18. The van der Waals surface area contributed by atoms with E-state index in [2.05, 4.69) is 10.8 Å². The number of ether oxygens (including phenoxy) is 1. The molecule has 19 heavy (non-hydrogen) atoms.